The molecule has 0 bridgehead atoms. The number of para-hydroxylation sites is 2. The Labute approximate surface area is 253 Å². The van der Waals surface area contributed by atoms with Crippen molar-refractivity contribution in [2.24, 2.45) is 0 Å². The van der Waals surface area contributed by atoms with Crippen LogP contribution in [0.4, 0.5) is 11.4 Å². The fraction of sp³-hybridized carbons (Fsp3) is 0.175. The Hall–Kier alpha value is -5.07. The van der Waals surface area contributed by atoms with Crippen molar-refractivity contribution in [3.63, 3.8) is 0 Å². The van der Waals surface area contributed by atoms with Crippen LogP contribution in [-0.2, 0) is 0 Å². The summed E-state index contributed by atoms with van der Waals surface area (Å²) in [5, 5.41) is 12.0. The van der Waals surface area contributed by atoms with Crippen molar-refractivity contribution in [1.29, 1.82) is 5.26 Å². The smallest absolute Gasteiger partial charge is 0.0947 e. The number of nitriles is 1. The topological polar surface area (TPSA) is 32.0 Å². The van der Waals surface area contributed by atoms with Gasteiger partial charge >= 0.3 is 0 Å². The summed E-state index contributed by atoms with van der Waals surface area (Å²) in [6, 6.07) is 36.1. The lowest BCUT2D eigenvalue weighted by Gasteiger charge is -2.29. The number of nitrogens with zero attached hydrogens (tertiary/aromatic N) is 3. The van der Waals surface area contributed by atoms with E-state index >= 15 is 0 Å². The molecule has 5 aromatic rings. The van der Waals surface area contributed by atoms with Gasteiger partial charge in [0.1, 0.15) is 0 Å². The molecule has 3 nitrogen and oxygen atoms in total. The summed E-state index contributed by atoms with van der Waals surface area (Å²) in [6.45, 7) is 4.52. The van der Waals surface area contributed by atoms with Crippen molar-refractivity contribution >= 4 is 44.5 Å². The van der Waals surface area contributed by atoms with Gasteiger partial charge in [0, 0.05) is 39.3 Å². The maximum atomic E-state index is 9.40. The summed E-state index contributed by atoms with van der Waals surface area (Å²) < 4.78 is 2.41. The van der Waals surface area contributed by atoms with E-state index in [2.05, 4.69) is 145 Å². The zero-order chi connectivity index (χ0) is 29.1. The summed E-state index contributed by atoms with van der Waals surface area (Å²) in [5.41, 5.74) is 12.3. The molecule has 0 saturated carbocycles. The van der Waals surface area contributed by atoms with Crippen LogP contribution >= 0.6 is 0 Å². The van der Waals surface area contributed by atoms with Crippen molar-refractivity contribution in [2.45, 2.75) is 44.6 Å². The van der Waals surface area contributed by atoms with E-state index in [1.165, 1.54) is 61.1 Å². The zero-order valence-electron chi connectivity index (χ0n) is 24.5. The first-order valence-corrected chi connectivity index (χ1v) is 15.3. The van der Waals surface area contributed by atoms with Crippen LogP contribution in [0.15, 0.2) is 127 Å². The van der Waals surface area contributed by atoms with Crippen LogP contribution in [0.5, 0.6) is 0 Å². The summed E-state index contributed by atoms with van der Waals surface area (Å²) in [4.78, 5) is 2.48. The molecular weight excluding hydrogens is 522 g/mol. The van der Waals surface area contributed by atoms with Gasteiger partial charge in [-0.1, -0.05) is 80.6 Å². The molecule has 3 aliphatic rings. The Bertz CT molecular complexity index is 2080. The summed E-state index contributed by atoms with van der Waals surface area (Å²) in [7, 11) is 0. The molecule has 0 fully saturated rings. The second-order valence-corrected chi connectivity index (χ2v) is 12.2. The molecule has 3 heteroatoms. The lowest BCUT2D eigenvalue weighted by Crippen LogP contribution is -2.28. The second-order valence-electron chi connectivity index (χ2n) is 12.2. The predicted octanol–water partition coefficient (Wildman–Crippen LogP) is 10.3. The first-order chi connectivity index (χ1) is 21.1. The number of rotatable bonds is 4. The number of aromatic nitrogens is 1. The maximum Gasteiger partial charge on any atom is 0.0947 e. The minimum absolute atomic E-state index is 0.257. The highest BCUT2D eigenvalue weighted by Crippen LogP contribution is 2.49. The van der Waals surface area contributed by atoms with Gasteiger partial charge in [-0.15, -0.1) is 0 Å². The Morgan fingerprint density at radius 2 is 1.58 bits per heavy atom. The molecule has 0 N–H and O–H groups in total. The van der Waals surface area contributed by atoms with Crippen LogP contribution in [0.3, 0.4) is 0 Å². The zero-order valence-corrected chi connectivity index (χ0v) is 24.5. The number of benzene rings is 4. The van der Waals surface area contributed by atoms with Gasteiger partial charge in [-0.3, -0.25) is 0 Å². The molecule has 208 valence electrons. The van der Waals surface area contributed by atoms with Gasteiger partial charge in [0.2, 0.25) is 0 Å². The Morgan fingerprint density at radius 1 is 0.814 bits per heavy atom. The van der Waals surface area contributed by atoms with Crippen LogP contribution < -0.4 is 4.90 Å². The number of anilines is 2. The lowest BCUT2D eigenvalue weighted by atomic mass is 9.86. The van der Waals surface area contributed by atoms with Crippen LogP contribution in [0, 0.1) is 11.3 Å². The molecule has 0 spiro atoms. The van der Waals surface area contributed by atoms with E-state index in [1.807, 2.05) is 6.08 Å². The summed E-state index contributed by atoms with van der Waals surface area (Å²) >= 11 is 0. The van der Waals surface area contributed by atoms with Crippen molar-refractivity contribution in [3.05, 3.63) is 144 Å². The van der Waals surface area contributed by atoms with Gasteiger partial charge in [0.15, 0.2) is 0 Å². The lowest BCUT2D eigenvalue weighted by molar-refractivity contribution is 0.747. The minimum Gasteiger partial charge on any atom is -0.333 e. The molecule has 0 saturated heterocycles. The third-order valence-corrected chi connectivity index (χ3v) is 9.44. The van der Waals surface area contributed by atoms with E-state index in [1.54, 1.807) is 0 Å². The van der Waals surface area contributed by atoms with Gasteiger partial charge in [0.05, 0.1) is 23.1 Å². The third kappa shape index (κ3) is 4.09. The van der Waals surface area contributed by atoms with Crippen LogP contribution in [-0.4, -0.2) is 10.6 Å². The predicted molar refractivity (Wildman–Crippen MR) is 179 cm³/mol. The van der Waals surface area contributed by atoms with Crippen molar-refractivity contribution in [1.82, 2.24) is 4.57 Å². The van der Waals surface area contributed by atoms with E-state index in [9.17, 15) is 5.26 Å². The Morgan fingerprint density at radius 3 is 2.35 bits per heavy atom. The van der Waals surface area contributed by atoms with Gasteiger partial charge in [-0.05, 0) is 95.6 Å². The van der Waals surface area contributed by atoms with E-state index in [0.717, 1.165) is 18.4 Å². The molecule has 2 unspecified atom stereocenters. The molecule has 2 aliphatic carbocycles. The molecule has 8 rings (SSSR count). The largest absolute Gasteiger partial charge is 0.333 e. The van der Waals surface area contributed by atoms with E-state index in [0.29, 0.717) is 5.92 Å². The number of allylic oxidation sites excluding steroid dienone is 6. The monoisotopic (exact) mass is 555 g/mol. The standard InChI is InChI=1S/C40H33N3/c1-26(2)28-14-19-39-35(22-28)36-24-30(16-21-40(36)43(39)32-17-12-27(25-41)13-18-32)29-15-20-38-34(23-29)33-10-6-7-11-37(33)42(38)31-8-4-3-5-9-31/h3-12,14-17,19-24,26,34,38H,13,18H2,1-2H3. The highest BCUT2D eigenvalue weighted by Gasteiger charge is 2.38. The first-order valence-electron chi connectivity index (χ1n) is 15.3. The molecule has 43 heavy (non-hydrogen) atoms. The van der Waals surface area contributed by atoms with Gasteiger partial charge in [0.25, 0.3) is 0 Å². The van der Waals surface area contributed by atoms with E-state index < -0.39 is 0 Å². The molecule has 1 aliphatic heterocycles. The molecule has 0 amide bonds. The van der Waals surface area contributed by atoms with Gasteiger partial charge < -0.3 is 9.47 Å². The second kappa shape index (κ2) is 10.0. The van der Waals surface area contributed by atoms with Crippen molar-refractivity contribution in [2.75, 3.05) is 4.90 Å². The summed E-state index contributed by atoms with van der Waals surface area (Å²) in [6.07, 6.45) is 13.0. The molecule has 0 radical (unpaired) electrons. The minimum atomic E-state index is 0.257. The van der Waals surface area contributed by atoms with Crippen molar-refractivity contribution < 1.29 is 0 Å². The fourth-order valence-corrected chi connectivity index (χ4v) is 7.23. The molecular formula is C40H33N3. The summed E-state index contributed by atoms with van der Waals surface area (Å²) in [5.74, 6) is 0.742. The number of fused-ring (bicyclic) bond motifs is 6. The average molecular weight is 556 g/mol. The van der Waals surface area contributed by atoms with Gasteiger partial charge in [-0.25, -0.2) is 0 Å². The number of hydrogen-bond acceptors (Lipinski definition) is 2. The van der Waals surface area contributed by atoms with Gasteiger partial charge in [-0.2, -0.15) is 5.26 Å². The van der Waals surface area contributed by atoms with Crippen LogP contribution in [0.1, 0.15) is 55.2 Å². The first kappa shape index (κ1) is 25.6. The van der Waals surface area contributed by atoms with E-state index in [4.69, 9.17) is 0 Å². The van der Waals surface area contributed by atoms with E-state index in [-0.39, 0.29) is 12.0 Å². The maximum absolute atomic E-state index is 9.40. The highest BCUT2D eigenvalue weighted by atomic mass is 15.2. The number of hydrogen-bond donors (Lipinski definition) is 0. The third-order valence-electron chi connectivity index (χ3n) is 9.44. The molecule has 2 atom stereocenters. The SMILES string of the molecule is CC(C)c1ccc2c(c1)c1cc(C3=CC4c5ccccc5N(c5ccccc5)C4C=C3)ccc1n2C1=CC=C(C#N)CC1. The highest BCUT2D eigenvalue weighted by molar-refractivity contribution is 6.11. The molecule has 4 aromatic carbocycles. The normalized spacial score (nSPS) is 19.2. The fourth-order valence-electron chi connectivity index (χ4n) is 7.23. The Balaban J connectivity index is 1.26. The Kier molecular flexibility index (Phi) is 5.98. The quantitative estimate of drug-likeness (QED) is 0.221. The van der Waals surface area contributed by atoms with Crippen molar-refractivity contribution in [3.8, 4) is 6.07 Å². The molecule has 2 heterocycles. The average Bonchev–Trinajstić information content (AvgIpc) is 3.57. The van der Waals surface area contributed by atoms with Crippen LogP contribution in [0.2, 0.25) is 0 Å². The molecule has 1 aromatic heterocycles. The van der Waals surface area contributed by atoms with Crippen LogP contribution in [0.25, 0.3) is 33.1 Å².